The molecule has 2 N–H and O–H groups in total. The van der Waals surface area contributed by atoms with Crippen LogP contribution < -0.4 is 5.73 Å². The summed E-state index contributed by atoms with van der Waals surface area (Å²) < 4.78 is 0. The molecule has 3 atom stereocenters. The van der Waals surface area contributed by atoms with Gasteiger partial charge >= 0.3 is 0 Å². The van der Waals surface area contributed by atoms with Crippen LogP contribution in [0.5, 0.6) is 0 Å². The van der Waals surface area contributed by atoms with Crippen LogP contribution >= 0.6 is 0 Å². The van der Waals surface area contributed by atoms with Gasteiger partial charge in [0.25, 0.3) is 0 Å². The Morgan fingerprint density at radius 1 is 1.09 bits per heavy atom. The van der Waals surface area contributed by atoms with Gasteiger partial charge in [0.2, 0.25) is 0 Å². The lowest BCUT2D eigenvalue weighted by Crippen LogP contribution is -2.30. The van der Waals surface area contributed by atoms with E-state index in [0.29, 0.717) is 12.0 Å². The van der Waals surface area contributed by atoms with Gasteiger partial charge in [0, 0.05) is 35.3 Å². The Morgan fingerprint density at radius 3 is 2.73 bits per heavy atom. The molecule has 0 amide bonds. The molecular weight excluding hydrogens is 270 g/mol. The molecule has 3 nitrogen and oxygen atoms in total. The molecular formula is C19H21N3. The SMILES string of the molecule is Nc1ccc(CC2C(c3cccnc3)=N[C@H]3CC[C@@H]2C3)cc1. The van der Waals surface area contributed by atoms with Crippen molar-refractivity contribution in [1.82, 2.24) is 4.98 Å². The second kappa shape index (κ2) is 5.56. The van der Waals surface area contributed by atoms with E-state index in [2.05, 4.69) is 23.2 Å². The van der Waals surface area contributed by atoms with Crippen molar-refractivity contribution in [3.63, 3.8) is 0 Å². The van der Waals surface area contributed by atoms with Crippen LogP contribution in [0.2, 0.25) is 0 Å². The van der Waals surface area contributed by atoms with Crippen molar-refractivity contribution >= 4 is 11.4 Å². The number of hydrogen-bond acceptors (Lipinski definition) is 3. The number of nitrogens with two attached hydrogens (primary N) is 1. The molecule has 3 heteroatoms. The molecule has 1 unspecified atom stereocenters. The van der Waals surface area contributed by atoms with Gasteiger partial charge < -0.3 is 5.73 Å². The van der Waals surface area contributed by atoms with Crippen LogP contribution in [0, 0.1) is 11.8 Å². The number of hydrogen-bond donors (Lipinski definition) is 1. The average molecular weight is 291 g/mol. The van der Waals surface area contributed by atoms with Crippen molar-refractivity contribution in [3.05, 3.63) is 59.9 Å². The average Bonchev–Trinajstić information content (AvgIpc) is 2.95. The number of benzene rings is 1. The third kappa shape index (κ3) is 2.52. The molecule has 0 saturated heterocycles. The van der Waals surface area contributed by atoms with Crippen molar-refractivity contribution in [2.45, 2.75) is 31.7 Å². The van der Waals surface area contributed by atoms with E-state index >= 15 is 0 Å². The molecule has 1 aromatic heterocycles. The number of fused-ring (bicyclic) bond motifs is 2. The van der Waals surface area contributed by atoms with Gasteiger partial charge in [0.05, 0.1) is 6.04 Å². The maximum absolute atomic E-state index is 5.81. The molecule has 1 aliphatic carbocycles. The fourth-order valence-corrected chi connectivity index (χ4v) is 3.96. The molecule has 2 aromatic rings. The smallest absolute Gasteiger partial charge is 0.0506 e. The Labute approximate surface area is 131 Å². The predicted octanol–water partition coefficient (Wildman–Crippen LogP) is 3.49. The molecule has 112 valence electrons. The van der Waals surface area contributed by atoms with E-state index in [4.69, 9.17) is 10.7 Å². The molecule has 2 aliphatic rings. The van der Waals surface area contributed by atoms with E-state index < -0.39 is 0 Å². The summed E-state index contributed by atoms with van der Waals surface area (Å²) in [5.41, 5.74) is 10.4. The standard InChI is InChI=1S/C19H21N3/c20-16-6-3-13(4-7-16)10-18-14-5-8-17(11-14)22-19(18)15-2-1-9-21-12-15/h1-4,6-7,9,12,14,17-18H,5,8,10-11,20H2/t14-,17+,18?/m1/s1. The lowest BCUT2D eigenvalue weighted by Gasteiger charge is -2.29. The molecule has 1 saturated carbocycles. The number of aliphatic imine (C=N–C) groups is 1. The van der Waals surface area contributed by atoms with Crippen LogP contribution in [0.15, 0.2) is 53.8 Å². The Morgan fingerprint density at radius 2 is 1.95 bits per heavy atom. The van der Waals surface area contributed by atoms with Gasteiger partial charge in [-0.1, -0.05) is 18.2 Å². The third-order valence-electron chi connectivity index (χ3n) is 5.08. The number of nitrogen functional groups attached to an aromatic ring is 1. The third-order valence-corrected chi connectivity index (χ3v) is 5.08. The van der Waals surface area contributed by atoms with Gasteiger partial charge in [-0.2, -0.15) is 0 Å². The minimum Gasteiger partial charge on any atom is -0.399 e. The quantitative estimate of drug-likeness (QED) is 0.880. The van der Waals surface area contributed by atoms with Crippen LogP contribution in [0.4, 0.5) is 5.69 Å². The summed E-state index contributed by atoms with van der Waals surface area (Å²) in [4.78, 5) is 9.35. The van der Waals surface area contributed by atoms with Crippen molar-refractivity contribution < 1.29 is 0 Å². The summed E-state index contributed by atoms with van der Waals surface area (Å²) in [7, 11) is 0. The van der Waals surface area contributed by atoms with E-state index in [-0.39, 0.29) is 0 Å². The van der Waals surface area contributed by atoms with E-state index in [1.54, 1.807) is 0 Å². The lowest BCUT2D eigenvalue weighted by atomic mass is 9.78. The molecule has 0 radical (unpaired) electrons. The summed E-state index contributed by atoms with van der Waals surface area (Å²) in [6.07, 6.45) is 8.63. The minimum atomic E-state index is 0.506. The topological polar surface area (TPSA) is 51.3 Å². The first-order valence-corrected chi connectivity index (χ1v) is 8.12. The van der Waals surface area contributed by atoms with Crippen molar-refractivity contribution in [2.75, 3.05) is 5.73 Å². The Hall–Kier alpha value is -2.16. The van der Waals surface area contributed by atoms with E-state index in [1.807, 2.05) is 30.6 Å². The van der Waals surface area contributed by atoms with E-state index in [1.165, 1.54) is 36.1 Å². The predicted molar refractivity (Wildman–Crippen MR) is 90.0 cm³/mol. The molecule has 4 rings (SSSR count). The van der Waals surface area contributed by atoms with Gasteiger partial charge in [0.1, 0.15) is 0 Å². The molecule has 0 spiro atoms. The Bertz CT molecular complexity index is 676. The first kappa shape index (κ1) is 13.5. The normalized spacial score (nSPS) is 26.7. The monoisotopic (exact) mass is 291 g/mol. The Kier molecular flexibility index (Phi) is 3.41. The highest BCUT2D eigenvalue weighted by Gasteiger charge is 2.38. The second-order valence-corrected chi connectivity index (χ2v) is 6.54. The van der Waals surface area contributed by atoms with Gasteiger partial charge in [-0.05, 0) is 55.4 Å². The number of aromatic nitrogens is 1. The molecule has 1 aromatic carbocycles. The first-order chi connectivity index (χ1) is 10.8. The molecule has 1 fully saturated rings. The summed E-state index contributed by atoms with van der Waals surface area (Å²) in [5, 5.41) is 0. The number of rotatable bonds is 3. The largest absolute Gasteiger partial charge is 0.399 e. The van der Waals surface area contributed by atoms with Crippen LogP contribution in [-0.2, 0) is 6.42 Å². The molecule has 22 heavy (non-hydrogen) atoms. The van der Waals surface area contributed by atoms with Crippen molar-refractivity contribution in [3.8, 4) is 0 Å². The maximum Gasteiger partial charge on any atom is 0.0506 e. The number of anilines is 1. The summed E-state index contributed by atoms with van der Waals surface area (Å²) in [6.45, 7) is 0. The molecule has 1 aliphatic heterocycles. The molecule has 2 bridgehead atoms. The van der Waals surface area contributed by atoms with Gasteiger partial charge in [0.15, 0.2) is 0 Å². The lowest BCUT2D eigenvalue weighted by molar-refractivity contribution is 0.406. The van der Waals surface area contributed by atoms with Gasteiger partial charge in [-0.25, -0.2) is 0 Å². The number of nitrogens with zero attached hydrogens (tertiary/aromatic N) is 2. The zero-order valence-corrected chi connectivity index (χ0v) is 12.7. The summed E-state index contributed by atoms with van der Waals surface area (Å²) in [6, 6.07) is 13.0. The highest BCUT2D eigenvalue weighted by atomic mass is 14.9. The summed E-state index contributed by atoms with van der Waals surface area (Å²) in [5.74, 6) is 1.27. The minimum absolute atomic E-state index is 0.506. The highest BCUT2D eigenvalue weighted by molar-refractivity contribution is 6.03. The fraction of sp³-hybridized carbons (Fsp3) is 0.368. The van der Waals surface area contributed by atoms with Crippen LogP contribution in [0.1, 0.15) is 30.4 Å². The van der Waals surface area contributed by atoms with Crippen molar-refractivity contribution in [2.24, 2.45) is 16.8 Å². The highest BCUT2D eigenvalue weighted by Crippen LogP contribution is 2.41. The van der Waals surface area contributed by atoms with Crippen molar-refractivity contribution in [1.29, 1.82) is 0 Å². The van der Waals surface area contributed by atoms with Gasteiger partial charge in [-0.15, -0.1) is 0 Å². The van der Waals surface area contributed by atoms with Crippen LogP contribution in [-0.4, -0.2) is 16.7 Å². The van der Waals surface area contributed by atoms with Crippen LogP contribution in [0.25, 0.3) is 0 Å². The van der Waals surface area contributed by atoms with Crippen LogP contribution in [0.3, 0.4) is 0 Å². The van der Waals surface area contributed by atoms with E-state index in [9.17, 15) is 0 Å². The summed E-state index contributed by atoms with van der Waals surface area (Å²) >= 11 is 0. The maximum atomic E-state index is 5.81. The fourth-order valence-electron chi connectivity index (χ4n) is 3.96. The molecule has 2 heterocycles. The van der Waals surface area contributed by atoms with Gasteiger partial charge in [-0.3, -0.25) is 9.98 Å². The zero-order chi connectivity index (χ0) is 14.9. The second-order valence-electron chi connectivity index (χ2n) is 6.54. The first-order valence-electron chi connectivity index (χ1n) is 8.12. The Balaban J connectivity index is 1.67. The van der Waals surface area contributed by atoms with E-state index in [0.717, 1.165) is 18.0 Å². The number of pyridine rings is 1. The zero-order valence-electron chi connectivity index (χ0n) is 12.7.